The van der Waals surface area contributed by atoms with E-state index in [9.17, 15) is 0 Å². The number of hydrogen-bond donors (Lipinski definition) is 0. The number of hydrogen-bond acceptors (Lipinski definition) is 5. The van der Waals surface area contributed by atoms with Gasteiger partial charge in [0.15, 0.2) is 0 Å². The van der Waals surface area contributed by atoms with E-state index in [0.29, 0.717) is 50.0 Å². The van der Waals surface area contributed by atoms with E-state index in [2.05, 4.69) is 22.1 Å². The van der Waals surface area contributed by atoms with E-state index in [1.165, 1.54) is 0 Å². The van der Waals surface area contributed by atoms with Crippen LogP contribution in [0.4, 0.5) is 0 Å². The third-order valence-corrected chi connectivity index (χ3v) is 4.48. The molecule has 0 N–H and O–H groups in total. The molecule has 4 rings (SSSR count). The maximum Gasteiger partial charge on any atom is 0.213 e. The van der Waals surface area contributed by atoms with Crippen molar-refractivity contribution in [2.24, 2.45) is 0 Å². The van der Waals surface area contributed by atoms with Gasteiger partial charge in [-0.2, -0.15) is 0 Å². The van der Waals surface area contributed by atoms with Crippen molar-refractivity contribution in [2.45, 2.75) is 24.7 Å². The van der Waals surface area contributed by atoms with Gasteiger partial charge in [-0.05, 0) is 25.0 Å². The molecule has 120 valence electrons. The van der Waals surface area contributed by atoms with Crippen LogP contribution in [0.5, 0.6) is 11.8 Å². The van der Waals surface area contributed by atoms with Crippen molar-refractivity contribution in [3.05, 3.63) is 47.8 Å². The Balaban J connectivity index is 1.64. The van der Waals surface area contributed by atoms with Crippen LogP contribution in [-0.2, 0) is 4.74 Å². The molecule has 1 fully saturated rings. The second-order valence-corrected chi connectivity index (χ2v) is 5.90. The van der Waals surface area contributed by atoms with E-state index >= 15 is 0 Å². The topological polar surface area (TPSA) is 53.5 Å². The molecule has 0 spiro atoms. The van der Waals surface area contributed by atoms with Gasteiger partial charge in [0.25, 0.3) is 0 Å². The van der Waals surface area contributed by atoms with E-state index in [4.69, 9.17) is 14.2 Å². The smallest absolute Gasteiger partial charge is 0.213 e. The van der Waals surface area contributed by atoms with Crippen molar-refractivity contribution < 1.29 is 14.2 Å². The van der Waals surface area contributed by atoms with Gasteiger partial charge < -0.3 is 14.2 Å². The van der Waals surface area contributed by atoms with Crippen LogP contribution in [0.2, 0.25) is 0 Å². The Labute approximate surface area is 135 Å². The van der Waals surface area contributed by atoms with Crippen LogP contribution in [-0.4, -0.2) is 36.4 Å². The van der Waals surface area contributed by atoms with Crippen molar-refractivity contribution >= 4 is 0 Å². The Bertz CT molecular complexity index is 619. The van der Waals surface area contributed by atoms with E-state index in [-0.39, 0.29) is 0 Å². The number of rotatable bonds is 0. The number of pyridine rings is 2. The predicted octanol–water partition coefficient (Wildman–Crippen LogP) is 2.93. The molecule has 1 aliphatic carbocycles. The van der Waals surface area contributed by atoms with Crippen LogP contribution in [0.15, 0.2) is 36.4 Å². The van der Waals surface area contributed by atoms with Gasteiger partial charge >= 0.3 is 0 Å². The molecule has 1 saturated carbocycles. The highest BCUT2D eigenvalue weighted by Crippen LogP contribution is 2.48. The van der Waals surface area contributed by atoms with Crippen molar-refractivity contribution in [1.82, 2.24) is 9.97 Å². The summed E-state index contributed by atoms with van der Waals surface area (Å²) >= 11 is 0. The largest absolute Gasteiger partial charge is 0.475 e. The first-order valence-corrected chi connectivity index (χ1v) is 8.17. The zero-order valence-electron chi connectivity index (χ0n) is 13.0. The Hall–Kier alpha value is -2.14. The molecule has 0 aromatic carbocycles. The lowest BCUT2D eigenvalue weighted by Gasteiger charge is -2.36. The second-order valence-electron chi connectivity index (χ2n) is 5.90. The summed E-state index contributed by atoms with van der Waals surface area (Å²) in [5, 5.41) is 0. The van der Waals surface area contributed by atoms with Crippen molar-refractivity contribution in [3.63, 3.8) is 0 Å². The summed E-state index contributed by atoms with van der Waals surface area (Å²) in [6, 6.07) is 12.0. The van der Waals surface area contributed by atoms with Gasteiger partial charge in [0.2, 0.25) is 11.8 Å². The summed E-state index contributed by atoms with van der Waals surface area (Å²) in [6.07, 6.45) is 2.27. The van der Waals surface area contributed by atoms with Gasteiger partial charge in [0.05, 0.1) is 13.2 Å². The van der Waals surface area contributed by atoms with E-state index in [1.807, 2.05) is 24.3 Å². The minimum atomic E-state index is 0.405. The van der Waals surface area contributed by atoms with Crippen LogP contribution in [0, 0.1) is 0 Å². The monoisotopic (exact) mass is 312 g/mol. The molecule has 2 atom stereocenters. The fraction of sp³-hybridized carbons (Fsp3) is 0.444. The minimum Gasteiger partial charge on any atom is -0.475 e. The molecule has 0 saturated heterocycles. The molecule has 5 heteroatoms. The number of fused-ring (bicyclic) bond motifs is 7. The SMILES string of the molecule is c1cc2nc(c1)C1CCC1c1cccc(n1)OCCOCCO2. The summed E-state index contributed by atoms with van der Waals surface area (Å²) in [6.45, 7) is 2.04. The highest BCUT2D eigenvalue weighted by Gasteiger charge is 2.35. The Morgan fingerprint density at radius 1 is 0.696 bits per heavy atom. The molecule has 5 nitrogen and oxygen atoms in total. The summed E-state index contributed by atoms with van der Waals surface area (Å²) in [5.74, 6) is 2.15. The molecule has 0 radical (unpaired) electrons. The molecule has 23 heavy (non-hydrogen) atoms. The van der Waals surface area contributed by atoms with Gasteiger partial charge in [-0.15, -0.1) is 0 Å². The zero-order valence-corrected chi connectivity index (χ0v) is 13.0. The van der Waals surface area contributed by atoms with Gasteiger partial charge in [-0.3, -0.25) is 0 Å². The summed E-state index contributed by atoms with van der Waals surface area (Å²) in [5.41, 5.74) is 2.17. The fourth-order valence-corrected chi connectivity index (χ4v) is 3.16. The lowest BCUT2D eigenvalue weighted by Crippen LogP contribution is -2.24. The Morgan fingerprint density at radius 3 is 1.70 bits per heavy atom. The molecule has 2 aliphatic rings. The van der Waals surface area contributed by atoms with Gasteiger partial charge in [-0.25, -0.2) is 9.97 Å². The lowest BCUT2D eigenvalue weighted by molar-refractivity contribution is 0.0742. The third-order valence-electron chi connectivity index (χ3n) is 4.48. The van der Waals surface area contributed by atoms with E-state index in [1.54, 1.807) is 0 Å². The molecule has 2 aromatic heterocycles. The van der Waals surface area contributed by atoms with Gasteiger partial charge in [0, 0.05) is 35.4 Å². The van der Waals surface area contributed by atoms with Crippen LogP contribution in [0.25, 0.3) is 0 Å². The minimum absolute atomic E-state index is 0.405. The molecule has 4 bridgehead atoms. The first-order chi connectivity index (χ1) is 11.4. The lowest BCUT2D eigenvalue weighted by atomic mass is 9.70. The van der Waals surface area contributed by atoms with Crippen molar-refractivity contribution in [1.29, 1.82) is 0 Å². The van der Waals surface area contributed by atoms with Crippen molar-refractivity contribution in [2.75, 3.05) is 26.4 Å². The molecular weight excluding hydrogens is 292 g/mol. The van der Waals surface area contributed by atoms with E-state index < -0.39 is 0 Å². The second kappa shape index (κ2) is 6.54. The van der Waals surface area contributed by atoms with Crippen LogP contribution >= 0.6 is 0 Å². The van der Waals surface area contributed by atoms with Gasteiger partial charge in [0.1, 0.15) is 13.2 Å². The molecule has 1 aliphatic heterocycles. The van der Waals surface area contributed by atoms with E-state index in [0.717, 1.165) is 24.2 Å². The quantitative estimate of drug-likeness (QED) is 0.748. The number of nitrogens with zero attached hydrogens (tertiary/aromatic N) is 2. The van der Waals surface area contributed by atoms with Crippen molar-refractivity contribution in [3.8, 4) is 11.8 Å². The molecular formula is C18H20N2O3. The van der Waals surface area contributed by atoms with Gasteiger partial charge in [-0.1, -0.05) is 12.1 Å². The maximum absolute atomic E-state index is 5.68. The maximum atomic E-state index is 5.68. The first kappa shape index (κ1) is 14.5. The highest BCUT2D eigenvalue weighted by molar-refractivity contribution is 5.28. The van der Waals surface area contributed by atoms with Crippen LogP contribution in [0.3, 0.4) is 0 Å². The molecule has 2 aromatic rings. The number of ether oxygens (including phenoxy) is 3. The fourth-order valence-electron chi connectivity index (χ4n) is 3.16. The highest BCUT2D eigenvalue weighted by atomic mass is 16.5. The Morgan fingerprint density at radius 2 is 1.22 bits per heavy atom. The third kappa shape index (κ3) is 3.15. The average Bonchev–Trinajstić information content (AvgIpc) is 2.53. The zero-order chi connectivity index (χ0) is 15.5. The normalized spacial score (nSPS) is 24.0. The predicted molar refractivity (Wildman–Crippen MR) is 85.0 cm³/mol. The van der Waals surface area contributed by atoms with Crippen LogP contribution < -0.4 is 9.47 Å². The molecule has 3 heterocycles. The molecule has 2 unspecified atom stereocenters. The summed E-state index contributed by atoms with van der Waals surface area (Å²) in [4.78, 5) is 9.34. The Kier molecular flexibility index (Phi) is 4.11. The van der Waals surface area contributed by atoms with Crippen LogP contribution in [0.1, 0.15) is 36.1 Å². The molecule has 0 amide bonds. The summed E-state index contributed by atoms with van der Waals surface area (Å²) < 4.78 is 16.9. The standard InChI is InChI=1S/C18H20N2O3/c1-3-15-13-7-8-14(13)16-4-2-6-18(20-16)23-12-10-21-9-11-22-17(5-1)19-15/h1-6,13-14H,7-12H2. The first-order valence-electron chi connectivity index (χ1n) is 8.17. The number of aromatic nitrogens is 2. The summed E-state index contributed by atoms with van der Waals surface area (Å²) in [7, 11) is 0. The average molecular weight is 312 g/mol.